The molecule has 2 aromatic carbocycles. The van der Waals surface area contributed by atoms with Gasteiger partial charge in [0.2, 0.25) is 0 Å². The summed E-state index contributed by atoms with van der Waals surface area (Å²) in [4.78, 5) is 14.2. The number of rotatable bonds is 5. The van der Waals surface area contributed by atoms with Crippen LogP contribution in [0.3, 0.4) is 0 Å². The maximum Gasteiger partial charge on any atom is 0.410 e. The molecule has 1 saturated heterocycles. The van der Waals surface area contributed by atoms with Crippen LogP contribution in [0.25, 0.3) is 0 Å². The molecule has 1 fully saturated rings. The number of hydrogen-bond acceptors (Lipinski definition) is 4. The third-order valence-electron chi connectivity index (χ3n) is 4.38. The molecule has 29 heavy (non-hydrogen) atoms. The van der Waals surface area contributed by atoms with E-state index < -0.39 is 29.4 Å². The number of amides is 1. The monoisotopic (exact) mass is 405 g/mol. The molecule has 1 aliphatic heterocycles. The lowest BCUT2D eigenvalue weighted by Crippen LogP contribution is -2.42. The largest absolute Gasteiger partial charge is 0.491 e. The van der Waals surface area contributed by atoms with Gasteiger partial charge in [-0.25, -0.2) is 13.6 Å². The molecule has 1 heterocycles. The van der Waals surface area contributed by atoms with Gasteiger partial charge in [-0.15, -0.1) is 0 Å². The van der Waals surface area contributed by atoms with Gasteiger partial charge in [-0.05, 0) is 45.0 Å². The Hall–Kier alpha value is -2.83. The summed E-state index contributed by atoms with van der Waals surface area (Å²) < 4.78 is 44.1. The highest BCUT2D eigenvalue weighted by Crippen LogP contribution is 2.27. The fourth-order valence-electron chi connectivity index (χ4n) is 3.12. The van der Waals surface area contributed by atoms with E-state index in [1.165, 1.54) is 6.07 Å². The molecule has 1 aliphatic rings. The Bertz CT molecular complexity index is 838. The highest BCUT2D eigenvalue weighted by atomic mass is 19.1. The Morgan fingerprint density at radius 2 is 1.86 bits per heavy atom. The molecule has 0 spiro atoms. The zero-order chi connectivity index (χ0) is 21.0. The van der Waals surface area contributed by atoms with Gasteiger partial charge >= 0.3 is 6.09 Å². The van der Waals surface area contributed by atoms with Crippen molar-refractivity contribution in [1.29, 1.82) is 0 Å². The number of hydrogen-bond donors (Lipinski definition) is 0. The van der Waals surface area contributed by atoms with Crippen LogP contribution < -0.4 is 9.47 Å². The number of carbonyl (C=O) groups is 1. The summed E-state index contributed by atoms with van der Waals surface area (Å²) >= 11 is 0. The summed E-state index contributed by atoms with van der Waals surface area (Å²) in [5, 5.41) is 0. The van der Waals surface area contributed by atoms with Crippen molar-refractivity contribution in [3.63, 3.8) is 0 Å². The number of benzene rings is 2. The Labute approximate surface area is 169 Å². The molecule has 0 bridgehead atoms. The molecule has 156 valence electrons. The van der Waals surface area contributed by atoms with E-state index in [0.29, 0.717) is 12.2 Å². The van der Waals surface area contributed by atoms with Crippen LogP contribution in [0.1, 0.15) is 27.2 Å². The maximum absolute atomic E-state index is 14.0. The van der Waals surface area contributed by atoms with Crippen LogP contribution in [0, 0.1) is 11.6 Å². The lowest BCUT2D eigenvalue weighted by atomic mass is 10.2. The van der Waals surface area contributed by atoms with Crippen molar-refractivity contribution in [1.82, 2.24) is 4.90 Å². The van der Waals surface area contributed by atoms with E-state index in [2.05, 4.69) is 0 Å². The van der Waals surface area contributed by atoms with Crippen LogP contribution >= 0.6 is 0 Å². The fourth-order valence-corrected chi connectivity index (χ4v) is 3.12. The standard InChI is InChI=1S/C22H25F2NO4/c1-22(2,3)29-21(26)25-13-18(28-20-10-9-15(23)11-19(20)24)12-16(25)14-27-17-7-5-4-6-8-17/h4-11,16,18H,12-14H2,1-3H3. The van der Waals surface area contributed by atoms with Gasteiger partial charge in [-0.3, -0.25) is 4.90 Å². The molecule has 0 aliphatic carbocycles. The molecule has 2 aromatic rings. The molecule has 0 N–H and O–H groups in total. The van der Waals surface area contributed by atoms with Crippen LogP contribution in [0.15, 0.2) is 48.5 Å². The van der Waals surface area contributed by atoms with Gasteiger partial charge in [0.05, 0.1) is 12.6 Å². The lowest BCUT2D eigenvalue weighted by molar-refractivity contribution is 0.0176. The third kappa shape index (κ3) is 5.82. The molecule has 0 aromatic heterocycles. The van der Waals surface area contributed by atoms with Gasteiger partial charge in [0.1, 0.15) is 29.9 Å². The number of carbonyl (C=O) groups excluding carboxylic acids is 1. The average Bonchev–Trinajstić information content (AvgIpc) is 3.05. The Morgan fingerprint density at radius 3 is 2.52 bits per heavy atom. The van der Waals surface area contributed by atoms with Gasteiger partial charge in [-0.2, -0.15) is 0 Å². The van der Waals surface area contributed by atoms with E-state index in [0.717, 1.165) is 12.1 Å². The summed E-state index contributed by atoms with van der Waals surface area (Å²) in [6.07, 6.45) is -0.514. The first kappa shape index (κ1) is 20.9. The zero-order valence-corrected chi connectivity index (χ0v) is 16.7. The van der Waals surface area contributed by atoms with E-state index >= 15 is 0 Å². The van der Waals surface area contributed by atoms with Gasteiger partial charge in [0.15, 0.2) is 11.6 Å². The molecular weight excluding hydrogens is 380 g/mol. The minimum absolute atomic E-state index is 0.0508. The van der Waals surface area contributed by atoms with Crippen molar-refractivity contribution in [3.05, 3.63) is 60.2 Å². The minimum atomic E-state index is -0.780. The molecule has 0 saturated carbocycles. The second-order valence-corrected chi connectivity index (χ2v) is 7.96. The molecular formula is C22H25F2NO4. The summed E-state index contributed by atoms with van der Waals surface area (Å²) in [5.41, 5.74) is -0.649. The SMILES string of the molecule is CC(C)(C)OC(=O)N1CC(Oc2ccc(F)cc2F)CC1COc1ccccc1. The summed E-state index contributed by atoms with van der Waals surface area (Å²) in [5.74, 6) is -0.820. The second kappa shape index (κ2) is 8.68. The van der Waals surface area contributed by atoms with Crippen molar-refractivity contribution in [2.45, 2.75) is 44.9 Å². The first-order chi connectivity index (χ1) is 13.7. The van der Waals surface area contributed by atoms with E-state index in [-0.39, 0.29) is 24.9 Å². The average molecular weight is 405 g/mol. The Kier molecular flexibility index (Phi) is 6.25. The highest BCUT2D eigenvalue weighted by Gasteiger charge is 2.39. The summed E-state index contributed by atoms with van der Waals surface area (Å²) in [6, 6.07) is 12.1. The van der Waals surface area contributed by atoms with E-state index in [1.807, 2.05) is 30.3 Å². The van der Waals surface area contributed by atoms with E-state index in [1.54, 1.807) is 25.7 Å². The normalized spacial score (nSPS) is 19.1. The van der Waals surface area contributed by atoms with Crippen LogP contribution in [-0.4, -0.2) is 41.9 Å². The van der Waals surface area contributed by atoms with Crippen molar-refractivity contribution >= 4 is 6.09 Å². The summed E-state index contributed by atoms with van der Waals surface area (Å²) in [7, 11) is 0. The predicted molar refractivity (Wildman–Crippen MR) is 104 cm³/mol. The fraction of sp³-hybridized carbons (Fsp3) is 0.409. The van der Waals surface area contributed by atoms with Gasteiger partial charge < -0.3 is 14.2 Å². The first-order valence-electron chi connectivity index (χ1n) is 9.50. The number of nitrogens with zero attached hydrogens (tertiary/aromatic N) is 1. The van der Waals surface area contributed by atoms with Crippen molar-refractivity contribution < 1.29 is 27.8 Å². The molecule has 2 unspecified atom stereocenters. The van der Waals surface area contributed by atoms with Crippen LogP contribution in [0.5, 0.6) is 11.5 Å². The van der Waals surface area contributed by atoms with Gasteiger partial charge in [-0.1, -0.05) is 18.2 Å². The Balaban J connectivity index is 1.71. The summed E-state index contributed by atoms with van der Waals surface area (Å²) in [6.45, 7) is 5.83. The first-order valence-corrected chi connectivity index (χ1v) is 9.50. The van der Waals surface area contributed by atoms with Crippen molar-refractivity contribution in [3.8, 4) is 11.5 Å². The van der Waals surface area contributed by atoms with Crippen LogP contribution in [0.2, 0.25) is 0 Å². The molecule has 7 heteroatoms. The molecule has 2 atom stereocenters. The molecule has 3 rings (SSSR count). The zero-order valence-electron chi connectivity index (χ0n) is 16.7. The lowest BCUT2D eigenvalue weighted by Gasteiger charge is -2.28. The minimum Gasteiger partial charge on any atom is -0.491 e. The molecule has 5 nitrogen and oxygen atoms in total. The number of ether oxygens (including phenoxy) is 3. The molecule has 0 radical (unpaired) electrons. The number of halogens is 2. The van der Waals surface area contributed by atoms with Crippen LogP contribution in [0.4, 0.5) is 13.6 Å². The Morgan fingerprint density at radius 1 is 1.14 bits per heavy atom. The maximum atomic E-state index is 14.0. The van der Waals surface area contributed by atoms with Crippen LogP contribution in [-0.2, 0) is 4.74 Å². The van der Waals surface area contributed by atoms with Crippen molar-refractivity contribution in [2.75, 3.05) is 13.2 Å². The topological polar surface area (TPSA) is 48.0 Å². The molecule has 1 amide bonds. The number of para-hydroxylation sites is 1. The van der Waals surface area contributed by atoms with Gasteiger partial charge in [0.25, 0.3) is 0 Å². The van der Waals surface area contributed by atoms with Crippen molar-refractivity contribution in [2.24, 2.45) is 0 Å². The highest BCUT2D eigenvalue weighted by molar-refractivity contribution is 5.69. The van der Waals surface area contributed by atoms with Gasteiger partial charge in [0, 0.05) is 12.5 Å². The number of likely N-dealkylation sites (tertiary alicyclic amines) is 1. The predicted octanol–water partition coefficient (Wildman–Crippen LogP) is 4.80. The van der Waals surface area contributed by atoms with E-state index in [9.17, 15) is 13.6 Å². The second-order valence-electron chi connectivity index (χ2n) is 7.96. The smallest absolute Gasteiger partial charge is 0.410 e. The third-order valence-corrected chi connectivity index (χ3v) is 4.38. The quantitative estimate of drug-likeness (QED) is 0.717. The van der Waals surface area contributed by atoms with E-state index in [4.69, 9.17) is 14.2 Å².